The van der Waals surface area contributed by atoms with Gasteiger partial charge in [0.15, 0.2) is 0 Å². The fourth-order valence-corrected chi connectivity index (χ4v) is 1.67. The second kappa shape index (κ2) is 4.35. The predicted octanol–water partition coefficient (Wildman–Crippen LogP) is 1.78. The lowest BCUT2D eigenvalue weighted by molar-refractivity contribution is -0.144. The van der Waals surface area contributed by atoms with E-state index in [4.69, 9.17) is 0 Å². The molecule has 0 aliphatic rings. The molecule has 18 heavy (non-hydrogen) atoms. The quantitative estimate of drug-likeness (QED) is 0.914. The molecule has 0 atom stereocenters. The Kier molecular flexibility index (Phi) is 3.02. The molecule has 2 aromatic rings. The van der Waals surface area contributed by atoms with Gasteiger partial charge in [-0.25, -0.2) is 0 Å². The summed E-state index contributed by atoms with van der Waals surface area (Å²) < 4.78 is 40.7. The van der Waals surface area contributed by atoms with Crippen LogP contribution in [0.4, 0.5) is 19.0 Å². The third kappa shape index (κ3) is 2.47. The van der Waals surface area contributed by atoms with Crippen LogP contribution in [-0.2, 0) is 26.8 Å². The lowest BCUT2D eigenvalue weighted by atomic mass is 10.2. The van der Waals surface area contributed by atoms with E-state index < -0.39 is 11.9 Å². The van der Waals surface area contributed by atoms with Crippen molar-refractivity contribution in [2.24, 2.45) is 14.1 Å². The summed E-state index contributed by atoms with van der Waals surface area (Å²) in [6, 6.07) is 1.68. The van der Waals surface area contributed by atoms with Gasteiger partial charge in [-0.15, -0.1) is 0 Å². The minimum atomic E-state index is -4.41. The van der Waals surface area contributed by atoms with E-state index in [9.17, 15) is 13.2 Å². The van der Waals surface area contributed by atoms with Crippen molar-refractivity contribution in [1.29, 1.82) is 0 Å². The van der Waals surface area contributed by atoms with Gasteiger partial charge < -0.3 is 5.32 Å². The molecule has 2 aromatic heterocycles. The van der Waals surface area contributed by atoms with Crippen molar-refractivity contribution in [3.05, 3.63) is 29.7 Å². The Hall–Kier alpha value is -1.99. The van der Waals surface area contributed by atoms with Crippen molar-refractivity contribution < 1.29 is 13.2 Å². The van der Waals surface area contributed by atoms with Gasteiger partial charge in [0.1, 0.15) is 11.5 Å². The molecule has 0 bridgehead atoms. The maximum atomic E-state index is 12.8. The molecule has 0 aliphatic heterocycles. The minimum absolute atomic E-state index is 0.0275. The number of anilines is 1. The second-order valence-electron chi connectivity index (χ2n) is 3.87. The van der Waals surface area contributed by atoms with Crippen LogP contribution >= 0.6 is 0 Å². The van der Waals surface area contributed by atoms with Gasteiger partial charge >= 0.3 is 6.18 Å². The topological polar surface area (TPSA) is 47.7 Å². The fourth-order valence-electron chi connectivity index (χ4n) is 1.67. The molecule has 0 aliphatic carbocycles. The number of hydrogen-bond donors (Lipinski definition) is 1. The highest BCUT2D eigenvalue weighted by atomic mass is 19.4. The number of aryl methyl sites for hydroxylation is 2. The molecular weight excluding hydrogens is 247 g/mol. The molecular formula is C10H12F3N5. The van der Waals surface area contributed by atoms with E-state index in [2.05, 4.69) is 15.5 Å². The van der Waals surface area contributed by atoms with Crippen LogP contribution in [0.25, 0.3) is 0 Å². The summed E-state index contributed by atoms with van der Waals surface area (Å²) in [4.78, 5) is 0. The number of nitrogens with one attached hydrogen (secondary N) is 1. The lowest BCUT2D eigenvalue weighted by Crippen LogP contribution is -2.15. The van der Waals surface area contributed by atoms with E-state index in [1.165, 1.54) is 13.2 Å². The number of halogens is 3. The van der Waals surface area contributed by atoms with Crippen molar-refractivity contribution >= 4 is 5.82 Å². The van der Waals surface area contributed by atoms with Gasteiger partial charge in [0.05, 0.1) is 6.20 Å². The summed E-state index contributed by atoms with van der Waals surface area (Å²) in [5.74, 6) is 0.523. The molecule has 0 saturated heterocycles. The van der Waals surface area contributed by atoms with Crippen LogP contribution in [0.1, 0.15) is 11.3 Å². The van der Waals surface area contributed by atoms with Crippen LogP contribution in [0.5, 0.6) is 0 Å². The van der Waals surface area contributed by atoms with Crippen molar-refractivity contribution in [3.8, 4) is 0 Å². The highest BCUT2D eigenvalue weighted by molar-refractivity contribution is 5.34. The van der Waals surface area contributed by atoms with Crippen molar-refractivity contribution in [3.63, 3.8) is 0 Å². The molecule has 0 amide bonds. The third-order valence-electron chi connectivity index (χ3n) is 2.46. The average molecular weight is 259 g/mol. The van der Waals surface area contributed by atoms with Crippen LogP contribution in [0.2, 0.25) is 0 Å². The average Bonchev–Trinajstić information content (AvgIpc) is 2.81. The highest BCUT2D eigenvalue weighted by Gasteiger charge is 2.37. The van der Waals surface area contributed by atoms with Crippen LogP contribution in [0.3, 0.4) is 0 Å². The number of aromatic nitrogens is 4. The van der Waals surface area contributed by atoms with Gasteiger partial charge in [0.25, 0.3) is 0 Å². The first-order valence-corrected chi connectivity index (χ1v) is 5.19. The number of rotatable bonds is 3. The molecule has 0 unspecified atom stereocenters. The summed E-state index contributed by atoms with van der Waals surface area (Å²) in [5, 5.41) is 10.5. The maximum absolute atomic E-state index is 12.8. The first-order chi connectivity index (χ1) is 8.38. The molecule has 0 spiro atoms. The normalized spacial score (nSPS) is 11.8. The summed E-state index contributed by atoms with van der Waals surface area (Å²) >= 11 is 0. The molecule has 0 radical (unpaired) electrons. The Bertz CT molecular complexity index is 540. The highest BCUT2D eigenvalue weighted by Crippen LogP contribution is 2.31. The van der Waals surface area contributed by atoms with Crippen LogP contribution in [-0.4, -0.2) is 19.6 Å². The molecule has 5 nitrogen and oxygen atoms in total. The van der Waals surface area contributed by atoms with Gasteiger partial charge in [-0.05, 0) is 0 Å². The van der Waals surface area contributed by atoms with Gasteiger partial charge in [-0.2, -0.15) is 23.4 Å². The molecule has 2 heterocycles. The zero-order valence-corrected chi connectivity index (χ0v) is 9.86. The second-order valence-corrected chi connectivity index (χ2v) is 3.87. The smallest absolute Gasteiger partial charge is 0.364 e. The van der Waals surface area contributed by atoms with Gasteiger partial charge in [-0.1, -0.05) is 0 Å². The van der Waals surface area contributed by atoms with Crippen molar-refractivity contribution in [2.45, 2.75) is 12.7 Å². The van der Waals surface area contributed by atoms with E-state index in [1.807, 2.05) is 0 Å². The Balaban J connectivity index is 2.15. The standard InChI is InChI=1S/C10H12F3N5/c1-17-4-3-8(16-17)14-5-7-6-15-18(2)9(7)10(11,12)13/h3-4,6H,5H2,1-2H3,(H,14,16). The van der Waals surface area contributed by atoms with Gasteiger partial charge in [0, 0.05) is 38.5 Å². The molecule has 2 rings (SSSR count). The van der Waals surface area contributed by atoms with Crippen LogP contribution < -0.4 is 5.32 Å². The first-order valence-electron chi connectivity index (χ1n) is 5.19. The maximum Gasteiger partial charge on any atom is 0.433 e. The summed E-state index contributed by atoms with van der Waals surface area (Å²) in [7, 11) is 3.00. The number of alkyl halides is 3. The Labute approximate surface area is 101 Å². The molecule has 1 N–H and O–H groups in total. The summed E-state index contributed by atoms with van der Waals surface area (Å²) in [6.07, 6.45) is -1.50. The Morgan fingerprint density at radius 1 is 1.33 bits per heavy atom. The van der Waals surface area contributed by atoms with E-state index >= 15 is 0 Å². The lowest BCUT2D eigenvalue weighted by Gasteiger charge is -2.10. The molecule has 0 saturated carbocycles. The van der Waals surface area contributed by atoms with Crippen molar-refractivity contribution in [1.82, 2.24) is 19.6 Å². The van der Waals surface area contributed by atoms with Crippen LogP contribution in [0, 0.1) is 0 Å². The monoisotopic (exact) mass is 259 g/mol. The van der Waals surface area contributed by atoms with Crippen LogP contribution in [0.15, 0.2) is 18.5 Å². The number of nitrogens with zero attached hydrogens (tertiary/aromatic N) is 4. The van der Waals surface area contributed by atoms with E-state index in [1.54, 1.807) is 24.0 Å². The largest absolute Gasteiger partial charge is 0.433 e. The van der Waals surface area contributed by atoms with Crippen molar-refractivity contribution in [2.75, 3.05) is 5.32 Å². The first kappa shape index (κ1) is 12.5. The zero-order valence-electron chi connectivity index (χ0n) is 9.86. The molecule has 98 valence electrons. The molecule has 0 aromatic carbocycles. The molecule has 8 heteroatoms. The minimum Gasteiger partial charge on any atom is -0.364 e. The zero-order chi connectivity index (χ0) is 13.3. The number of hydrogen-bond acceptors (Lipinski definition) is 3. The van der Waals surface area contributed by atoms with Gasteiger partial charge in [0.2, 0.25) is 0 Å². The van der Waals surface area contributed by atoms with E-state index in [0.29, 0.717) is 5.82 Å². The predicted molar refractivity (Wildman–Crippen MR) is 58.7 cm³/mol. The SMILES string of the molecule is Cn1ccc(NCc2cnn(C)c2C(F)(F)F)n1. The van der Waals surface area contributed by atoms with E-state index in [-0.39, 0.29) is 12.1 Å². The Morgan fingerprint density at radius 3 is 2.61 bits per heavy atom. The molecule has 0 fully saturated rings. The van der Waals surface area contributed by atoms with E-state index in [0.717, 1.165) is 4.68 Å². The Morgan fingerprint density at radius 2 is 2.06 bits per heavy atom. The third-order valence-corrected chi connectivity index (χ3v) is 2.46. The van der Waals surface area contributed by atoms with Gasteiger partial charge in [-0.3, -0.25) is 9.36 Å². The fraction of sp³-hybridized carbons (Fsp3) is 0.400. The summed E-state index contributed by atoms with van der Waals surface area (Å²) in [5.41, 5.74) is -0.651. The summed E-state index contributed by atoms with van der Waals surface area (Å²) in [6.45, 7) is 0.0275.